The molecule has 0 unspecified atom stereocenters. The molecule has 0 aliphatic carbocycles. The van der Waals surface area contributed by atoms with Gasteiger partial charge in [-0.15, -0.1) is 0 Å². The topological polar surface area (TPSA) is 52.7 Å². The van der Waals surface area contributed by atoms with E-state index in [2.05, 4.69) is 5.32 Å². The van der Waals surface area contributed by atoms with Crippen molar-refractivity contribution in [3.05, 3.63) is 0 Å². The standard InChI is InChI=1S/C11H19N3O2/c15-10-3-1-6-14(10)9-11(16)13-7-2-4-12-5-8-13/h12H,1-9H2. The van der Waals surface area contributed by atoms with Crippen molar-refractivity contribution in [2.75, 3.05) is 39.3 Å². The number of likely N-dealkylation sites (tertiary alicyclic amines) is 1. The molecule has 0 aromatic rings. The molecule has 0 bridgehead atoms. The van der Waals surface area contributed by atoms with Gasteiger partial charge in [-0.05, 0) is 19.4 Å². The van der Waals surface area contributed by atoms with Crippen LogP contribution in [0.5, 0.6) is 0 Å². The average molecular weight is 225 g/mol. The maximum Gasteiger partial charge on any atom is 0.242 e. The SMILES string of the molecule is O=C(CN1CCCC1=O)N1CCCNCC1. The molecule has 0 atom stereocenters. The summed E-state index contributed by atoms with van der Waals surface area (Å²) >= 11 is 0. The summed E-state index contributed by atoms with van der Waals surface area (Å²) in [6, 6.07) is 0. The molecule has 0 radical (unpaired) electrons. The highest BCUT2D eigenvalue weighted by Crippen LogP contribution is 2.09. The summed E-state index contributed by atoms with van der Waals surface area (Å²) < 4.78 is 0. The van der Waals surface area contributed by atoms with Crippen molar-refractivity contribution in [3.63, 3.8) is 0 Å². The van der Waals surface area contributed by atoms with E-state index < -0.39 is 0 Å². The van der Waals surface area contributed by atoms with Gasteiger partial charge in [0.05, 0.1) is 6.54 Å². The van der Waals surface area contributed by atoms with Crippen molar-refractivity contribution in [2.24, 2.45) is 0 Å². The third-order valence-electron chi connectivity index (χ3n) is 3.19. The van der Waals surface area contributed by atoms with Crippen LogP contribution in [0.3, 0.4) is 0 Å². The van der Waals surface area contributed by atoms with Crippen molar-refractivity contribution in [1.29, 1.82) is 0 Å². The third kappa shape index (κ3) is 2.72. The minimum atomic E-state index is 0.0963. The smallest absolute Gasteiger partial charge is 0.242 e. The first-order valence-electron chi connectivity index (χ1n) is 6.03. The Kier molecular flexibility index (Phi) is 3.77. The van der Waals surface area contributed by atoms with Gasteiger partial charge < -0.3 is 15.1 Å². The van der Waals surface area contributed by atoms with E-state index in [1.165, 1.54) is 0 Å². The van der Waals surface area contributed by atoms with Crippen molar-refractivity contribution in [2.45, 2.75) is 19.3 Å². The van der Waals surface area contributed by atoms with Crippen LogP contribution >= 0.6 is 0 Å². The molecular formula is C11H19N3O2. The van der Waals surface area contributed by atoms with Gasteiger partial charge in [-0.1, -0.05) is 0 Å². The Morgan fingerprint density at radius 2 is 2.06 bits per heavy atom. The van der Waals surface area contributed by atoms with Gasteiger partial charge in [0.15, 0.2) is 0 Å². The summed E-state index contributed by atoms with van der Waals surface area (Å²) in [5.74, 6) is 0.222. The highest BCUT2D eigenvalue weighted by atomic mass is 16.2. The van der Waals surface area contributed by atoms with Crippen LogP contribution < -0.4 is 5.32 Å². The Morgan fingerprint density at radius 3 is 2.81 bits per heavy atom. The lowest BCUT2D eigenvalue weighted by Gasteiger charge is -2.23. The number of carbonyl (C=O) groups is 2. The predicted octanol–water partition coefficient (Wildman–Crippen LogP) is -0.569. The van der Waals surface area contributed by atoms with E-state index >= 15 is 0 Å². The fourth-order valence-electron chi connectivity index (χ4n) is 2.23. The van der Waals surface area contributed by atoms with E-state index in [0.29, 0.717) is 6.42 Å². The molecule has 5 nitrogen and oxygen atoms in total. The molecule has 2 fully saturated rings. The summed E-state index contributed by atoms with van der Waals surface area (Å²) in [7, 11) is 0. The first-order valence-corrected chi connectivity index (χ1v) is 6.03. The van der Waals surface area contributed by atoms with Crippen LogP contribution in [-0.4, -0.2) is 60.9 Å². The summed E-state index contributed by atoms with van der Waals surface area (Å²) in [5.41, 5.74) is 0. The molecule has 2 aliphatic heterocycles. The molecule has 2 aliphatic rings. The lowest BCUT2D eigenvalue weighted by molar-refractivity contribution is -0.138. The molecule has 2 amide bonds. The fourth-order valence-corrected chi connectivity index (χ4v) is 2.23. The first kappa shape index (κ1) is 11.4. The van der Waals surface area contributed by atoms with Gasteiger partial charge in [0.1, 0.15) is 0 Å². The largest absolute Gasteiger partial charge is 0.340 e. The second-order valence-electron chi connectivity index (χ2n) is 4.40. The van der Waals surface area contributed by atoms with Gasteiger partial charge in [-0.2, -0.15) is 0 Å². The zero-order chi connectivity index (χ0) is 11.4. The zero-order valence-electron chi connectivity index (χ0n) is 9.57. The van der Waals surface area contributed by atoms with E-state index in [0.717, 1.165) is 45.6 Å². The summed E-state index contributed by atoms with van der Waals surface area (Å²) in [6.45, 7) is 4.44. The van der Waals surface area contributed by atoms with E-state index in [1.807, 2.05) is 4.90 Å². The van der Waals surface area contributed by atoms with Gasteiger partial charge in [0.25, 0.3) is 0 Å². The Bertz CT molecular complexity index is 272. The maximum atomic E-state index is 12.0. The van der Waals surface area contributed by atoms with Crippen LogP contribution in [-0.2, 0) is 9.59 Å². The van der Waals surface area contributed by atoms with Crippen molar-refractivity contribution >= 4 is 11.8 Å². The molecule has 0 aromatic carbocycles. The summed E-state index contributed by atoms with van der Waals surface area (Å²) in [6.07, 6.45) is 2.50. The Labute approximate surface area is 95.8 Å². The highest BCUT2D eigenvalue weighted by Gasteiger charge is 2.24. The first-order chi connectivity index (χ1) is 7.77. The van der Waals surface area contributed by atoms with E-state index in [4.69, 9.17) is 0 Å². The Morgan fingerprint density at radius 1 is 1.19 bits per heavy atom. The van der Waals surface area contributed by atoms with Gasteiger partial charge in [-0.25, -0.2) is 0 Å². The predicted molar refractivity (Wildman–Crippen MR) is 59.9 cm³/mol. The average Bonchev–Trinajstić information content (AvgIpc) is 2.57. The lowest BCUT2D eigenvalue weighted by atomic mass is 10.3. The van der Waals surface area contributed by atoms with Crippen LogP contribution in [0.4, 0.5) is 0 Å². The van der Waals surface area contributed by atoms with Crippen LogP contribution in [0.15, 0.2) is 0 Å². The van der Waals surface area contributed by atoms with Crippen molar-refractivity contribution in [1.82, 2.24) is 15.1 Å². The quantitative estimate of drug-likeness (QED) is 0.685. The molecule has 2 rings (SSSR count). The maximum absolute atomic E-state index is 12.0. The molecule has 90 valence electrons. The van der Waals surface area contributed by atoms with Gasteiger partial charge in [0.2, 0.25) is 11.8 Å². The summed E-state index contributed by atoms with van der Waals surface area (Å²) in [5, 5.41) is 3.26. The zero-order valence-corrected chi connectivity index (χ0v) is 9.57. The molecule has 0 spiro atoms. The van der Waals surface area contributed by atoms with Crippen LogP contribution in [0.1, 0.15) is 19.3 Å². The van der Waals surface area contributed by atoms with Crippen LogP contribution in [0, 0.1) is 0 Å². The van der Waals surface area contributed by atoms with Gasteiger partial charge in [-0.3, -0.25) is 9.59 Å². The normalized spacial score (nSPS) is 22.4. The van der Waals surface area contributed by atoms with Gasteiger partial charge in [0, 0.05) is 32.6 Å². The molecule has 16 heavy (non-hydrogen) atoms. The summed E-state index contributed by atoms with van der Waals surface area (Å²) in [4.78, 5) is 26.9. The lowest BCUT2D eigenvalue weighted by Crippen LogP contribution is -2.42. The van der Waals surface area contributed by atoms with Gasteiger partial charge >= 0.3 is 0 Å². The highest BCUT2D eigenvalue weighted by molar-refractivity contribution is 5.85. The molecule has 1 N–H and O–H groups in total. The second kappa shape index (κ2) is 5.30. The van der Waals surface area contributed by atoms with Crippen molar-refractivity contribution < 1.29 is 9.59 Å². The molecule has 0 saturated carbocycles. The minimum absolute atomic E-state index is 0.0963. The molecular weight excluding hydrogens is 206 g/mol. The van der Waals surface area contributed by atoms with E-state index in [1.54, 1.807) is 4.90 Å². The number of hydrogen-bond acceptors (Lipinski definition) is 3. The van der Waals surface area contributed by atoms with E-state index in [-0.39, 0.29) is 18.4 Å². The van der Waals surface area contributed by atoms with E-state index in [9.17, 15) is 9.59 Å². The van der Waals surface area contributed by atoms with Crippen LogP contribution in [0.25, 0.3) is 0 Å². The Hall–Kier alpha value is -1.10. The van der Waals surface area contributed by atoms with Crippen molar-refractivity contribution in [3.8, 4) is 0 Å². The third-order valence-corrected chi connectivity index (χ3v) is 3.19. The minimum Gasteiger partial charge on any atom is -0.340 e. The number of nitrogens with one attached hydrogen (secondary N) is 1. The second-order valence-corrected chi connectivity index (χ2v) is 4.40. The van der Waals surface area contributed by atoms with Crippen LogP contribution in [0.2, 0.25) is 0 Å². The molecule has 0 aromatic heterocycles. The Balaban J connectivity index is 1.84. The monoisotopic (exact) mass is 225 g/mol. The molecule has 2 heterocycles. The number of nitrogens with zero attached hydrogens (tertiary/aromatic N) is 2. The number of carbonyl (C=O) groups excluding carboxylic acids is 2. The number of hydrogen-bond donors (Lipinski definition) is 1. The molecule has 5 heteroatoms. The molecule has 2 saturated heterocycles. The number of amides is 2. The number of rotatable bonds is 2. The fraction of sp³-hybridized carbons (Fsp3) is 0.818.